The number of carboxylic acid groups (broad SMARTS) is 2. The minimum absolute atomic E-state index is 0.0746. The van der Waals surface area contributed by atoms with E-state index in [-0.39, 0.29) is 11.8 Å². The number of unbranched alkanes of at least 4 members (excludes halogenated alkanes) is 1. The summed E-state index contributed by atoms with van der Waals surface area (Å²) in [5.74, 6) is -2.46. The van der Waals surface area contributed by atoms with Crippen LogP contribution in [0.15, 0.2) is 0 Å². The van der Waals surface area contributed by atoms with Gasteiger partial charge in [0.2, 0.25) is 0 Å². The second-order valence-electron chi connectivity index (χ2n) is 6.92. The van der Waals surface area contributed by atoms with Crippen molar-refractivity contribution in [2.75, 3.05) is 0 Å². The minimum atomic E-state index is -0.942. The number of carbonyl (C=O) groups is 2. The van der Waals surface area contributed by atoms with E-state index in [1.54, 1.807) is 13.8 Å². The van der Waals surface area contributed by atoms with Crippen LogP contribution < -0.4 is 0 Å². The first-order valence-corrected chi connectivity index (χ1v) is 6.96. The summed E-state index contributed by atoms with van der Waals surface area (Å²) >= 11 is 0. The van der Waals surface area contributed by atoms with E-state index in [0.717, 1.165) is 19.3 Å². The van der Waals surface area contributed by atoms with Crippen LogP contribution in [0, 0.1) is 16.7 Å². The van der Waals surface area contributed by atoms with Crippen molar-refractivity contribution in [3.05, 3.63) is 0 Å². The average Bonchev–Trinajstić information content (AvgIpc) is 2.21. The van der Waals surface area contributed by atoms with Gasteiger partial charge in [-0.15, -0.1) is 0 Å². The molecule has 2 N–H and O–H groups in total. The Kier molecular flexibility index (Phi) is 6.53. The molecule has 0 rings (SSSR count). The van der Waals surface area contributed by atoms with E-state index in [9.17, 15) is 14.7 Å². The molecule has 0 aromatic rings. The SMILES string of the molecule is CCCCC(C)(C)CC(C(=O)O)C(C)(C)CC(=O)O. The summed E-state index contributed by atoms with van der Waals surface area (Å²) in [5.41, 5.74) is -0.810. The van der Waals surface area contributed by atoms with Crippen LogP contribution in [0.3, 0.4) is 0 Å². The second-order valence-corrected chi connectivity index (χ2v) is 6.92. The summed E-state index contributed by atoms with van der Waals surface area (Å²) in [5, 5.41) is 18.3. The van der Waals surface area contributed by atoms with E-state index in [4.69, 9.17) is 5.11 Å². The van der Waals surface area contributed by atoms with Crippen LogP contribution in [-0.2, 0) is 9.59 Å². The first-order valence-electron chi connectivity index (χ1n) is 6.96. The van der Waals surface area contributed by atoms with Crippen molar-refractivity contribution in [2.24, 2.45) is 16.7 Å². The molecule has 0 radical (unpaired) electrons. The molecule has 0 aromatic heterocycles. The standard InChI is InChI=1S/C15H28O4/c1-6-7-8-14(2,3)9-11(13(18)19)15(4,5)10-12(16)17/h11H,6-10H2,1-5H3,(H,16,17)(H,18,19). The van der Waals surface area contributed by atoms with Crippen molar-refractivity contribution < 1.29 is 19.8 Å². The summed E-state index contributed by atoms with van der Waals surface area (Å²) in [6, 6.07) is 0. The Morgan fingerprint density at radius 2 is 1.63 bits per heavy atom. The number of hydrogen-bond donors (Lipinski definition) is 2. The predicted octanol–water partition coefficient (Wildman–Crippen LogP) is 3.79. The smallest absolute Gasteiger partial charge is 0.307 e. The van der Waals surface area contributed by atoms with Crippen molar-refractivity contribution >= 4 is 11.9 Å². The molecule has 4 nitrogen and oxygen atoms in total. The Morgan fingerprint density at radius 1 is 1.11 bits per heavy atom. The largest absolute Gasteiger partial charge is 0.481 e. The van der Waals surface area contributed by atoms with Crippen LogP contribution in [0.4, 0.5) is 0 Å². The molecule has 112 valence electrons. The highest BCUT2D eigenvalue weighted by atomic mass is 16.4. The van der Waals surface area contributed by atoms with Gasteiger partial charge in [0.05, 0.1) is 12.3 Å². The predicted molar refractivity (Wildman–Crippen MR) is 75.1 cm³/mol. The summed E-state index contributed by atoms with van der Waals surface area (Å²) < 4.78 is 0. The molecule has 0 aliphatic heterocycles. The molecule has 0 amide bonds. The van der Waals surface area contributed by atoms with Crippen LogP contribution >= 0.6 is 0 Å². The molecule has 0 fully saturated rings. The lowest BCUT2D eigenvalue weighted by Gasteiger charge is -2.36. The van der Waals surface area contributed by atoms with Gasteiger partial charge in [-0.2, -0.15) is 0 Å². The third kappa shape index (κ3) is 6.60. The minimum Gasteiger partial charge on any atom is -0.481 e. The maximum Gasteiger partial charge on any atom is 0.307 e. The number of rotatable bonds is 9. The molecule has 19 heavy (non-hydrogen) atoms. The van der Waals surface area contributed by atoms with Gasteiger partial charge in [-0.25, -0.2) is 0 Å². The zero-order valence-corrected chi connectivity index (χ0v) is 12.8. The molecule has 0 spiro atoms. The van der Waals surface area contributed by atoms with E-state index >= 15 is 0 Å². The lowest BCUT2D eigenvalue weighted by Crippen LogP contribution is -2.36. The highest BCUT2D eigenvalue weighted by Crippen LogP contribution is 2.41. The highest BCUT2D eigenvalue weighted by Gasteiger charge is 2.40. The van der Waals surface area contributed by atoms with Crippen LogP contribution in [-0.4, -0.2) is 22.2 Å². The quantitative estimate of drug-likeness (QED) is 0.669. The molecule has 1 atom stereocenters. The van der Waals surface area contributed by atoms with Gasteiger partial charge >= 0.3 is 11.9 Å². The second kappa shape index (κ2) is 6.92. The lowest BCUT2D eigenvalue weighted by molar-refractivity contribution is -0.150. The molecule has 0 aromatic carbocycles. The Labute approximate surface area is 116 Å². The molecule has 0 heterocycles. The molecule has 0 aliphatic carbocycles. The maximum atomic E-state index is 11.5. The molecule has 0 saturated carbocycles. The Balaban J connectivity index is 4.92. The molecule has 4 heteroatoms. The van der Waals surface area contributed by atoms with Gasteiger partial charge in [-0.05, 0) is 23.7 Å². The van der Waals surface area contributed by atoms with Gasteiger partial charge in [-0.1, -0.05) is 47.5 Å². The fourth-order valence-electron chi connectivity index (χ4n) is 2.52. The van der Waals surface area contributed by atoms with Gasteiger partial charge < -0.3 is 10.2 Å². The van der Waals surface area contributed by atoms with Crippen molar-refractivity contribution in [3.8, 4) is 0 Å². The Bertz CT molecular complexity index is 318. The third-order valence-electron chi connectivity index (χ3n) is 3.81. The van der Waals surface area contributed by atoms with Crippen LogP contribution in [0.25, 0.3) is 0 Å². The number of aliphatic carboxylic acids is 2. The van der Waals surface area contributed by atoms with E-state index in [1.165, 1.54) is 0 Å². The first-order chi connectivity index (χ1) is 8.52. The zero-order chi connectivity index (χ0) is 15.3. The average molecular weight is 272 g/mol. The van der Waals surface area contributed by atoms with Crippen LogP contribution in [0.5, 0.6) is 0 Å². The van der Waals surface area contributed by atoms with E-state index in [0.29, 0.717) is 6.42 Å². The van der Waals surface area contributed by atoms with Crippen molar-refractivity contribution in [1.29, 1.82) is 0 Å². The highest BCUT2D eigenvalue weighted by molar-refractivity contribution is 5.74. The maximum absolute atomic E-state index is 11.5. The summed E-state index contributed by atoms with van der Waals surface area (Å²) in [4.78, 5) is 22.4. The van der Waals surface area contributed by atoms with Crippen LogP contribution in [0.1, 0.15) is 66.7 Å². The van der Waals surface area contributed by atoms with Gasteiger partial charge in [0, 0.05) is 0 Å². The van der Waals surface area contributed by atoms with Crippen molar-refractivity contribution in [1.82, 2.24) is 0 Å². The molecular formula is C15H28O4. The van der Waals surface area contributed by atoms with Crippen molar-refractivity contribution in [2.45, 2.75) is 66.7 Å². The Morgan fingerprint density at radius 3 is 2.00 bits per heavy atom. The number of hydrogen-bond acceptors (Lipinski definition) is 2. The summed E-state index contributed by atoms with van der Waals surface area (Å²) in [6.07, 6.45) is 3.52. The fourth-order valence-corrected chi connectivity index (χ4v) is 2.52. The molecule has 0 bridgehead atoms. The summed E-state index contributed by atoms with van der Waals surface area (Å²) in [6.45, 7) is 9.70. The molecule has 0 aliphatic rings. The summed E-state index contributed by atoms with van der Waals surface area (Å²) in [7, 11) is 0. The van der Waals surface area contributed by atoms with Gasteiger partial charge in [0.1, 0.15) is 0 Å². The monoisotopic (exact) mass is 272 g/mol. The van der Waals surface area contributed by atoms with Gasteiger partial charge in [0.25, 0.3) is 0 Å². The van der Waals surface area contributed by atoms with Gasteiger partial charge in [0.15, 0.2) is 0 Å². The van der Waals surface area contributed by atoms with Crippen LogP contribution in [0.2, 0.25) is 0 Å². The Hall–Kier alpha value is -1.06. The topological polar surface area (TPSA) is 74.6 Å². The fraction of sp³-hybridized carbons (Fsp3) is 0.867. The van der Waals surface area contributed by atoms with Crippen molar-refractivity contribution in [3.63, 3.8) is 0 Å². The zero-order valence-electron chi connectivity index (χ0n) is 12.8. The molecular weight excluding hydrogens is 244 g/mol. The lowest BCUT2D eigenvalue weighted by atomic mass is 9.68. The van der Waals surface area contributed by atoms with E-state index in [2.05, 4.69) is 20.8 Å². The van der Waals surface area contributed by atoms with Gasteiger partial charge in [-0.3, -0.25) is 9.59 Å². The third-order valence-corrected chi connectivity index (χ3v) is 3.81. The first kappa shape index (κ1) is 17.9. The normalized spacial score (nSPS) is 14.2. The molecule has 1 unspecified atom stereocenters. The van der Waals surface area contributed by atoms with E-state index in [1.807, 2.05) is 0 Å². The number of carboxylic acids is 2. The van der Waals surface area contributed by atoms with E-state index < -0.39 is 23.3 Å². The molecule has 0 saturated heterocycles.